The van der Waals surface area contributed by atoms with Gasteiger partial charge in [-0.2, -0.15) is 0 Å². The Labute approximate surface area is 172 Å². The Morgan fingerprint density at radius 3 is 2.52 bits per heavy atom. The molecule has 0 heterocycles. The maximum Gasteiger partial charge on any atom is 0.306 e. The van der Waals surface area contributed by atoms with E-state index in [9.17, 15) is 9.90 Å². The Bertz CT molecular complexity index is 851. The Morgan fingerprint density at radius 1 is 1.10 bits per heavy atom. The summed E-state index contributed by atoms with van der Waals surface area (Å²) in [7, 11) is 0. The van der Waals surface area contributed by atoms with Gasteiger partial charge in [-0.05, 0) is 85.8 Å². The fourth-order valence-electron chi connectivity index (χ4n) is 4.39. The van der Waals surface area contributed by atoms with Gasteiger partial charge in [0.2, 0.25) is 0 Å². The van der Waals surface area contributed by atoms with Crippen molar-refractivity contribution >= 4 is 5.97 Å². The van der Waals surface area contributed by atoms with E-state index in [-0.39, 0.29) is 17.9 Å². The van der Waals surface area contributed by atoms with Crippen molar-refractivity contribution in [3.63, 3.8) is 0 Å². The molecule has 0 aromatic heterocycles. The first-order valence-electron chi connectivity index (χ1n) is 10.7. The summed E-state index contributed by atoms with van der Waals surface area (Å²) >= 11 is 0. The van der Waals surface area contributed by atoms with Crippen LogP contribution in [0.2, 0.25) is 0 Å². The molecule has 0 aliphatic heterocycles. The summed E-state index contributed by atoms with van der Waals surface area (Å²) in [5.74, 6) is 1.76. The lowest BCUT2D eigenvalue weighted by Gasteiger charge is -2.35. The first-order chi connectivity index (χ1) is 14.0. The molecule has 2 aromatic rings. The van der Waals surface area contributed by atoms with E-state index in [1.54, 1.807) is 0 Å². The molecule has 0 saturated heterocycles. The van der Waals surface area contributed by atoms with E-state index >= 15 is 0 Å². The van der Waals surface area contributed by atoms with Gasteiger partial charge in [0.25, 0.3) is 0 Å². The number of aliphatic carboxylic acids is 1. The van der Waals surface area contributed by atoms with Gasteiger partial charge in [0.05, 0.1) is 18.6 Å². The Kier molecular flexibility index (Phi) is 5.79. The van der Waals surface area contributed by atoms with Gasteiger partial charge < -0.3 is 14.6 Å². The summed E-state index contributed by atoms with van der Waals surface area (Å²) < 4.78 is 12.1. The third kappa shape index (κ3) is 4.92. The maximum absolute atomic E-state index is 11.5. The number of carboxylic acid groups (broad SMARTS) is 1. The molecular formula is C25H30O4. The molecule has 2 aliphatic carbocycles. The van der Waals surface area contributed by atoms with E-state index in [1.807, 2.05) is 43.3 Å². The standard InChI is InChI=1S/C25H30O4/c1-16-5-3-8-22(11-16)29-23-12-18(13-23)15-28-21-7-4-6-20(14-21)24(19-9-10-19)17(2)25(26)27/h3-8,11,14,17-19,23-24H,9-10,12-13,15H2,1-2H3,(H,26,27)/t17-,18?,23?,24-/m0/s1. The first kappa shape index (κ1) is 19.8. The molecule has 0 unspecified atom stereocenters. The summed E-state index contributed by atoms with van der Waals surface area (Å²) in [6, 6.07) is 16.2. The zero-order valence-electron chi connectivity index (χ0n) is 17.2. The molecule has 154 valence electrons. The average molecular weight is 395 g/mol. The van der Waals surface area contributed by atoms with Crippen molar-refractivity contribution in [1.29, 1.82) is 0 Å². The topological polar surface area (TPSA) is 55.8 Å². The summed E-state index contributed by atoms with van der Waals surface area (Å²) in [5, 5.41) is 9.48. The highest BCUT2D eigenvalue weighted by Crippen LogP contribution is 2.47. The minimum absolute atomic E-state index is 0.0758. The van der Waals surface area contributed by atoms with E-state index in [0.717, 1.165) is 42.7 Å². The minimum atomic E-state index is -0.720. The molecule has 2 aliphatic rings. The predicted molar refractivity (Wildman–Crippen MR) is 113 cm³/mol. The third-order valence-electron chi connectivity index (χ3n) is 6.27. The zero-order chi connectivity index (χ0) is 20.4. The van der Waals surface area contributed by atoms with Gasteiger partial charge in [0, 0.05) is 0 Å². The normalized spacial score (nSPS) is 23.0. The van der Waals surface area contributed by atoms with Crippen LogP contribution < -0.4 is 9.47 Å². The number of ether oxygens (including phenoxy) is 2. The molecule has 4 nitrogen and oxygen atoms in total. The van der Waals surface area contributed by atoms with E-state index in [2.05, 4.69) is 19.1 Å². The molecule has 0 amide bonds. The van der Waals surface area contributed by atoms with Crippen LogP contribution in [0.15, 0.2) is 48.5 Å². The maximum atomic E-state index is 11.5. The molecule has 0 bridgehead atoms. The van der Waals surface area contributed by atoms with Gasteiger partial charge in [-0.3, -0.25) is 4.79 Å². The molecule has 4 rings (SSSR count). The summed E-state index contributed by atoms with van der Waals surface area (Å²) in [6.07, 6.45) is 4.53. The Balaban J connectivity index is 1.29. The largest absolute Gasteiger partial charge is 0.493 e. The van der Waals surface area contributed by atoms with Gasteiger partial charge >= 0.3 is 5.97 Å². The quantitative estimate of drug-likeness (QED) is 0.615. The molecule has 2 atom stereocenters. The highest BCUT2D eigenvalue weighted by atomic mass is 16.5. The SMILES string of the molecule is Cc1cccc(OC2CC(COc3cccc([C@H](C4CC4)[C@H](C)C(=O)O)c3)C2)c1. The Hall–Kier alpha value is -2.49. The van der Waals surface area contributed by atoms with Crippen molar-refractivity contribution < 1.29 is 19.4 Å². The van der Waals surface area contributed by atoms with Crippen LogP contribution in [0.5, 0.6) is 11.5 Å². The van der Waals surface area contributed by atoms with Crippen molar-refractivity contribution in [1.82, 2.24) is 0 Å². The van der Waals surface area contributed by atoms with Gasteiger partial charge in [-0.15, -0.1) is 0 Å². The van der Waals surface area contributed by atoms with Crippen LogP contribution in [0.25, 0.3) is 0 Å². The van der Waals surface area contributed by atoms with E-state index in [0.29, 0.717) is 18.4 Å². The Morgan fingerprint density at radius 2 is 1.83 bits per heavy atom. The highest BCUT2D eigenvalue weighted by Gasteiger charge is 2.38. The molecule has 4 heteroatoms. The average Bonchev–Trinajstić information content (AvgIpc) is 3.49. The molecule has 29 heavy (non-hydrogen) atoms. The van der Waals surface area contributed by atoms with Crippen LogP contribution in [0.1, 0.15) is 49.7 Å². The molecular weight excluding hydrogens is 364 g/mol. The summed E-state index contributed by atoms with van der Waals surface area (Å²) in [5.41, 5.74) is 2.30. The molecule has 2 saturated carbocycles. The lowest BCUT2D eigenvalue weighted by molar-refractivity contribution is -0.142. The molecule has 0 spiro atoms. The van der Waals surface area contributed by atoms with Gasteiger partial charge in [-0.25, -0.2) is 0 Å². The number of rotatable bonds is 9. The van der Waals surface area contributed by atoms with Crippen molar-refractivity contribution in [3.8, 4) is 11.5 Å². The predicted octanol–water partition coefficient (Wildman–Crippen LogP) is 5.45. The van der Waals surface area contributed by atoms with Crippen LogP contribution >= 0.6 is 0 Å². The number of aryl methyl sites for hydroxylation is 1. The number of benzene rings is 2. The minimum Gasteiger partial charge on any atom is -0.493 e. The molecule has 2 aromatic carbocycles. The van der Waals surface area contributed by atoms with Crippen LogP contribution in [0, 0.1) is 24.7 Å². The van der Waals surface area contributed by atoms with Crippen LogP contribution in [0.3, 0.4) is 0 Å². The number of hydrogen-bond donors (Lipinski definition) is 1. The van der Waals surface area contributed by atoms with Gasteiger partial charge in [-0.1, -0.05) is 31.2 Å². The van der Waals surface area contributed by atoms with Crippen molar-refractivity contribution in [2.24, 2.45) is 17.8 Å². The van der Waals surface area contributed by atoms with Crippen molar-refractivity contribution in [2.75, 3.05) is 6.61 Å². The zero-order valence-corrected chi connectivity index (χ0v) is 17.2. The third-order valence-corrected chi connectivity index (χ3v) is 6.27. The van der Waals surface area contributed by atoms with Gasteiger partial charge in [0.1, 0.15) is 11.5 Å². The molecule has 2 fully saturated rings. The number of carboxylic acids is 1. The van der Waals surface area contributed by atoms with E-state index in [1.165, 1.54) is 5.56 Å². The second kappa shape index (κ2) is 8.48. The van der Waals surface area contributed by atoms with Crippen LogP contribution in [-0.4, -0.2) is 23.8 Å². The lowest BCUT2D eigenvalue weighted by Crippen LogP contribution is -2.37. The van der Waals surface area contributed by atoms with Crippen LogP contribution in [0.4, 0.5) is 0 Å². The summed E-state index contributed by atoms with van der Waals surface area (Å²) in [6.45, 7) is 4.57. The fourth-order valence-corrected chi connectivity index (χ4v) is 4.39. The number of carbonyl (C=O) groups is 1. The first-order valence-corrected chi connectivity index (χ1v) is 10.7. The van der Waals surface area contributed by atoms with E-state index < -0.39 is 5.97 Å². The van der Waals surface area contributed by atoms with E-state index in [4.69, 9.17) is 9.47 Å². The second-order valence-electron chi connectivity index (χ2n) is 8.77. The summed E-state index contributed by atoms with van der Waals surface area (Å²) in [4.78, 5) is 11.5. The van der Waals surface area contributed by atoms with Crippen molar-refractivity contribution in [3.05, 3.63) is 59.7 Å². The van der Waals surface area contributed by atoms with Gasteiger partial charge in [0.15, 0.2) is 0 Å². The van der Waals surface area contributed by atoms with Crippen molar-refractivity contribution in [2.45, 2.75) is 51.6 Å². The molecule has 1 N–H and O–H groups in total. The highest BCUT2D eigenvalue weighted by molar-refractivity contribution is 5.71. The van der Waals surface area contributed by atoms with Crippen LogP contribution in [-0.2, 0) is 4.79 Å². The second-order valence-corrected chi connectivity index (χ2v) is 8.77. The molecule has 0 radical (unpaired) electrons. The number of hydrogen-bond acceptors (Lipinski definition) is 3. The fraction of sp³-hybridized carbons (Fsp3) is 0.480. The lowest BCUT2D eigenvalue weighted by atomic mass is 9.82. The smallest absolute Gasteiger partial charge is 0.306 e. The monoisotopic (exact) mass is 394 g/mol.